The van der Waals surface area contributed by atoms with Gasteiger partial charge in [0.2, 0.25) is 0 Å². The van der Waals surface area contributed by atoms with Crippen LogP contribution in [0.2, 0.25) is 5.02 Å². The van der Waals surface area contributed by atoms with Crippen LogP contribution in [0.4, 0.5) is 17.6 Å². The van der Waals surface area contributed by atoms with Gasteiger partial charge in [-0.1, -0.05) is 16.0 Å². The van der Waals surface area contributed by atoms with E-state index in [0.29, 0.717) is 6.07 Å². The molecule has 20 heavy (non-hydrogen) atoms. The van der Waals surface area contributed by atoms with Gasteiger partial charge in [0.05, 0.1) is 16.8 Å². The molecule has 0 radical (unpaired) electrons. The molecule has 1 rings (SSSR count). The van der Waals surface area contributed by atoms with Crippen molar-refractivity contribution in [1.82, 2.24) is 0 Å². The molecule has 0 aliphatic heterocycles. The number of hydrogen-bond acceptors (Lipinski definition) is 2. The summed E-state index contributed by atoms with van der Waals surface area (Å²) < 4.78 is 66.0. The molecule has 1 unspecified atom stereocenters. The van der Waals surface area contributed by atoms with Gasteiger partial charge in [-0.15, -0.1) is 0 Å². The second-order valence-corrected chi connectivity index (χ2v) is 7.28. The fraction of sp³-hybridized carbons (Fsp3) is 0.417. The monoisotopic (exact) mass is 329 g/mol. The van der Waals surface area contributed by atoms with Gasteiger partial charge < -0.3 is 4.55 Å². The first-order valence-electron chi connectivity index (χ1n) is 5.45. The SMILES string of the molecule is CC(C)(C)[S+]([O-])N=Cc1c(Cl)cc(F)cc1C(F)(F)F. The molecule has 0 N–H and O–H groups in total. The first-order chi connectivity index (χ1) is 8.93. The van der Waals surface area contributed by atoms with Gasteiger partial charge >= 0.3 is 6.18 Å². The van der Waals surface area contributed by atoms with E-state index in [1.807, 2.05) is 0 Å². The first-order valence-corrected chi connectivity index (χ1v) is 6.93. The van der Waals surface area contributed by atoms with E-state index in [2.05, 4.69) is 4.40 Å². The molecule has 1 atom stereocenters. The third-order valence-corrected chi connectivity index (χ3v) is 3.86. The van der Waals surface area contributed by atoms with Gasteiger partial charge in [0.25, 0.3) is 0 Å². The molecule has 0 bridgehead atoms. The summed E-state index contributed by atoms with van der Waals surface area (Å²) in [5.41, 5.74) is -1.75. The predicted octanol–water partition coefficient (Wildman–Crippen LogP) is 4.38. The molecular weight excluding hydrogens is 318 g/mol. The fourth-order valence-electron chi connectivity index (χ4n) is 1.21. The molecule has 0 aliphatic carbocycles. The Kier molecular flexibility index (Phi) is 5.10. The summed E-state index contributed by atoms with van der Waals surface area (Å²) >= 11 is 3.87. The van der Waals surface area contributed by atoms with E-state index >= 15 is 0 Å². The van der Waals surface area contributed by atoms with Gasteiger partial charge in [-0.25, -0.2) is 4.39 Å². The summed E-state index contributed by atoms with van der Waals surface area (Å²) in [5.74, 6) is -1.10. The highest BCUT2D eigenvalue weighted by Gasteiger charge is 2.35. The minimum atomic E-state index is -4.78. The quantitative estimate of drug-likeness (QED) is 0.450. The third kappa shape index (κ3) is 4.36. The average molecular weight is 330 g/mol. The lowest BCUT2D eigenvalue weighted by atomic mass is 10.1. The highest BCUT2D eigenvalue weighted by molar-refractivity contribution is 7.91. The molecule has 112 valence electrons. The van der Waals surface area contributed by atoms with Crippen LogP contribution in [0.1, 0.15) is 31.9 Å². The Hall–Kier alpha value is -0.790. The van der Waals surface area contributed by atoms with Crippen LogP contribution in [0.3, 0.4) is 0 Å². The lowest BCUT2D eigenvalue weighted by molar-refractivity contribution is -0.137. The van der Waals surface area contributed by atoms with Crippen molar-refractivity contribution in [3.8, 4) is 0 Å². The smallest absolute Gasteiger partial charge is 0.417 e. The first kappa shape index (κ1) is 17.3. The Balaban J connectivity index is 3.28. The molecule has 0 fully saturated rings. The van der Waals surface area contributed by atoms with Gasteiger partial charge in [-0.2, -0.15) is 13.2 Å². The fourth-order valence-corrected chi connectivity index (χ4v) is 1.98. The summed E-state index contributed by atoms with van der Waals surface area (Å²) in [4.78, 5) is 0. The van der Waals surface area contributed by atoms with E-state index in [4.69, 9.17) is 11.6 Å². The van der Waals surface area contributed by atoms with Crippen LogP contribution in [0.15, 0.2) is 16.5 Å². The number of benzene rings is 1. The van der Waals surface area contributed by atoms with Gasteiger partial charge in [-0.05, 0) is 32.9 Å². The summed E-state index contributed by atoms with van der Waals surface area (Å²) in [7, 11) is 0. The van der Waals surface area contributed by atoms with Crippen LogP contribution in [-0.4, -0.2) is 15.5 Å². The Bertz CT molecular complexity index is 525. The number of alkyl halides is 3. The van der Waals surface area contributed by atoms with Crippen LogP contribution < -0.4 is 0 Å². The Labute approximate surface area is 122 Å². The van der Waals surface area contributed by atoms with Crippen molar-refractivity contribution in [1.29, 1.82) is 0 Å². The highest BCUT2D eigenvalue weighted by atomic mass is 35.5. The standard InChI is InChI=1S/C12H12ClF4NOS/c1-11(2,3)20(19)18-6-8-9(12(15,16)17)4-7(14)5-10(8)13/h4-6H,1-3H3. The lowest BCUT2D eigenvalue weighted by Crippen LogP contribution is -2.26. The molecule has 8 heteroatoms. The maximum atomic E-state index is 13.0. The molecule has 1 aromatic carbocycles. The predicted molar refractivity (Wildman–Crippen MR) is 71.9 cm³/mol. The topological polar surface area (TPSA) is 35.4 Å². The largest absolute Gasteiger partial charge is 0.591 e. The summed E-state index contributed by atoms with van der Waals surface area (Å²) in [6.45, 7) is 4.87. The molecule has 0 amide bonds. The van der Waals surface area contributed by atoms with Crippen molar-refractivity contribution in [2.75, 3.05) is 0 Å². The number of hydrogen-bond donors (Lipinski definition) is 0. The van der Waals surface area contributed by atoms with Gasteiger partial charge in [0.15, 0.2) is 0 Å². The van der Waals surface area contributed by atoms with Crippen LogP contribution in [0.25, 0.3) is 0 Å². The maximum absolute atomic E-state index is 13.0. The van der Waals surface area contributed by atoms with E-state index in [1.54, 1.807) is 20.8 Å². The maximum Gasteiger partial charge on any atom is 0.417 e. The zero-order valence-corrected chi connectivity index (χ0v) is 12.5. The summed E-state index contributed by atoms with van der Waals surface area (Å²) in [5, 5.41) is -0.438. The average Bonchev–Trinajstić information content (AvgIpc) is 2.23. The zero-order chi connectivity index (χ0) is 15.7. The van der Waals surface area contributed by atoms with Gasteiger partial charge in [0, 0.05) is 5.56 Å². The molecule has 0 saturated carbocycles. The van der Waals surface area contributed by atoms with E-state index in [-0.39, 0.29) is 0 Å². The molecule has 0 aromatic heterocycles. The minimum Gasteiger partial charge on any atom is -0.591 e. The second-order valence-electron chi connectivity index (χ2n) is 4.94. The van der Waals surface area contributed by atoms with Crippen LogP contribution in [-0.2, 0) is 17.5 Å². The molecule has 2 nitrogen and oxygen atoms in total. The number of nitrogens with zero attached hydrogens (tertiary/aromatic N) is 1. The van der Waals surface area contributed by atoms with Crippen LogP contribution in [0, 0.1) is 5.82 Å². The summed E-state index contributed by atoms with van der Waals surface area (Å²) in [6.07, 6.45) is -4.01. The Morgan fingerprint density at radius 1 is 1.25 bits per heavy atom. The second kappa shape index (κ2) is 5.91. The number of halogens is 5. The van der Waals surface area contributed by atoms with Gasteiger partial charge in [-0.3, -0.25) is 0 Å². The Morgan fingerprint density at radius 3 is 2.25 bits per heavy atom. The highest BCUT2D eigenvalue weighted by Crippen LogP contribution is 2.35. The van der Waals surface area contributed by atoms with Gasteiger partial charge in [0.1, 0.15) is 21.9 Å². The van der Waals surface area contributed by atoms with Crippen molar-refractivity contribution in [3.63, 3.8) is 0 Å². The molecule has 0 spiro atoms. The summed E-state index contributed by atoms with van der Waals surface area (Å²) in [6, 6.07) is 1.07. The van der Waals surface area contributed by atoms with Crippen molar-refractivity contribution in [2.24, 2.45) is 4.40 Å². The Morgan fingerprint density at radius 2 is 1.80 bits per heavy atom. The lowest BCUT2D eigenvalue weighted by Gasteiger charge is -2.18. The van der Waals surface area contributed by atoms with Crippen molar-refractivity contribution in [3.05, 3.63) is 34.1 Å². The van der Waals surface area contributed by atoms with E-state index in [1.165, 1.54) is 0 Å². The van der Waals surface area contributed by atoms with E-state index < -0.39 is 44.3 Å². The van der Waals surface area contributed by atoms with Crippen molar-refractivity contribution in [2.45, 2.75) is 31.7 Å². The normalized spacial score (nSPS) is 14.8. The molecule has 0 aliphatic rings. The molecule has 0 saturated heterocycles. The molecular formula is C12H12ClF4NOS. The molecule has 1 aromatic rings. The molecule has 0 heterocycles. The van der Waals surface area contributed by atoms with Crippen LogP contribution in [0.5, 0.6) is 0 Å². The third-order valence-electron chi connectivity index (χ3n) is 2.20. The number of rotatable bonds is 2. The minimum absolute atomic E-state index is 0.327. The van der Waals surface area contributed by atoms with Crippen molar-refractivity contribution >= 4 is 29.2 Å². The zero-order valence-electron chi connectivity index (χ0n) is 10.9. The van der Waals surface area contributed by atoms with Crippen molar-refractivity contribution < 1.29 is 22.1 Å². The van der Waals surface area contributed by atoms with Crippen LogP contribution >= 0.6 is 11.6 Å². The van der Waals surface area contributed by atoms with E-state index in [9.17, 15) is 22.1 Å². The van der Waals surface area contributed by atoms with E-state index in [0.717, 1.165) is 12.3 Å².